The first kappa shape index (κ1) is 8.25. The summed E-state index contributed by atoms with van der Waals surface area (Å²) in [6.45, 7) is 6.59. The highest BCUT2D eigenvalue weighted by atomic mass is 16.5. The molecule has 0 aromatic rings. The molecule has 2 saturated heterocycles. The van der Waals surface area contributed by atoms with Crippen LogP contribution >= 0.6 is 0 Å². The molecule has 2 heterocycles. The summed E-state index contributed by atoms with van der Waals surface area (Å²) in [4.78, 5) is 2.71. The predicted molar refractivity (Wildman–Crippen MR) is 51.7 cm³/mol. The first-order valence-corrected chi connectivity index (χ1v) is 5.60. The zero-order chi connectivity index (χ0) is 9.05. The lowest BCUT2D eigenvalue weighted by atomic mass is 9.83. The molecule has 0 bridgehead atoms. The van der Waals surface area contributed by atoms with E-state index in [2.05, 4.69) is 18.7 Å². The minimum atomic E-state index is 0.397. The lowest BCUT2D eigenvalue weighted by Gasteiger charge is -2.50. The Kier molecular flexibility index (Phi) is 1.58. The highest BCUT2D eigenvalue weighted by molar-refractivity contribution is 5.18. The minimum Gasteiger partial charge on any atom is -0.377 e. The number of fused-ring (bicyclic) bond motifs is 3. The Bertz CT molecular complexity index is 228. The Hall–Kier alpha value is -0.0800. The molecule has 2 nitrogen and oxygen atoms in total. The molecule has 74 valence electrons. The van der Waals surface area contributed by atoms with Crippen molar-refractivity contribution in [1.82, 2.24) is 4.90 Å². The molecule has 3 aliphatic rings. The zero-order valence-corrected chi connectivity index (χ0v) is 8.62. The number of rotatable bonds is 3. The molecule has 2 heteroatoms. The van der Waals surface area contributed by atoms with Gasteiger partial charge in [0.2, 0.25) is 0 Å². The molecule has 0 aromatic heterocycles. The van der Waals surface area contributed by atoms with E-state index in [0.717, 1.165) is 18.6 Å². The summed E-state index contributed by atoms with van der Waals surface area (Å²) in [7, 11) is 0. The molecule has 0 N–H and O–H groups in total. The maximum Gasteiger partial charge on any atom is 0.0654 e. The van der Waals surface area contributed by atoms with Crippen molar-refractivity contribution in [3.05, 3.63) is 0 Å². The van der Waals surface area contributed by atoms with E-state index < -0.39 is 0 Å². The van der Waals surface area contributed by atoms with Gasteiger partial charge in [-0.15, -0.1) is 0 Å². The summed E-state index contributed by atoms with van der Waals surface area (Å²) in [6, 6.07) is 0.963. The average molecular weight is 181 g/mol. The summed E-state index contributed by atoms with van der Waals surface area (Å²) in [6.07, 6.45) is 4.68. The van der Waals surface area contributed by atoms with Crippen LogP contribution in [-0.2, 0) is 4.74 Å². The van der Waals surface area contributed by atoms with Crippen LogP contribution in [0.3, 0.4) is 0 Å². The number of hydrogen-bond acceptors (Lipinski definition) is 2. The van der Waals surface area contributed by atoms with Crippen LogP contribution in [0.4, 0.5) is 0 Å². The molecule has 1 saturated carbocycles. The number of piperidine rings is 1. The largest absolute Gasteiger partial charge is 0.377 e. The van der Waals surface area contributed by atoms with Gasteiger partial charge in [-0.25, -0.2) is 0 Å². The van der Waals surface area contributed by atoms with Gasteiger partial charge in [-0.05, 0) is 39.0 Å². The van der Waals surface area contributed by atoms with Gasteiger partial charge in [-0.2, -0.15) is 0 Å². The Labute approximate surface area is 80.2 Å². The summed E-state index contributed by atoms with van der Waals surface area (Å²) in [5.41, 5.74) is 0.498. The molecule has 0 unspecified atom stereocenters. The summed E-state index contributed by atoms with van der Waals surface area (Å²) in [5.74, 6) is 1.04. The van der Waals surface area contributed by atoms with Crippen LogP contribution in [0.2, 0.25) is 0 Å². The lowest BCUT2D eigenvalue weighted by molar-refractivity contribution is -0.0783. The fraction of sp³-hybridized carbons (Fsp3) is 1.00. The van der Waals surface area contributed by atoms with Gasteiger partial charge >= 0.3 is 0 Å². The Morgan fingerprint density at radius 1 is 1.54 bits per heavy atom. The van der Waals surface area contributed by atoms with Crippen molar-refractivity contribution in [2.45, 2.75) is 50.8 Å². The van der Waals surface area contributed by atoms with E-state index >= 15 is 0 Å². The van der Waals surface area contributed by atoms with Gasteiger partial charge in [0, 0.05) is 18.1 Å². The van der Waals surface area contributed by atoms with Gasteiger partial charge in [-0.1, -0.05) is 0 Å². The molecular weight excluding hydrogens is 162 g/mol. The van der Waals surface area contributed by atoms with Crippen LogP contribution in [0.1, 0.15) is 33.1 Å². The zero-order valence-electron chi connectivity index (χ0n) is 8.62. The van der Waals surface area contributed by atoms with Gasteiger partial charge in [-0.3, -0.25) is 4.90 Å². The van der Waals surface area contributed by atoms with Crippen LogP contribution in [0.25, 0.3) is 0 Å². The molecule has 0 amide bonds. The number of hydrogen-bond donors (Lipinski definition) is 0. The van der Waals surface area contributed by atoms with E-state index in [9.17, 15) is 0 Å². The van der Waals surface area contributed by atoms with Gasteiger partial charge < -0.3 is 4.74 Å². The maximum atomic E-state index is 5.78. The summed E-state index contributed by atoms with van der Waals surface area (Å²) < 4.78 is 5.78. The number of ether oxygens (including phenoxy) is 1. The molecule has 3 atom stereocenters. The van der Waals surface area contributed by atoms with Crippen LogP contribution in [-0.4, -0.2) is 35.7 Å². The third kappa shape index (κ3) is 1.08. The van der Waals surface area contributed by atoms with Crippen LogP contribution < -0.4 is 0 Å². The summed E-state index contributed by atoms with van der Waals surface area (Å²) >= 11 is 0. The van der Waals surface area contributed by atoms with E-state index in [4.69, 9.17) is 4.74 Å². The molecule has 13 heavy (non-hydrogen) atoms. The van der Waals surface area contributed by atoms with Gasteiger partial charge in [0.1, 0.15) is 0 Å². The lowest BCUT2D eigenvalue weighted by Crippen LogP contribution is -2.60. The van der Waals surface area contributed by atoms with Gasteiger partial charge in [0.05, 0.1) is 12.7 Å². The van der Waals surface area contributed by atoms with E-state index in [0.29, 0.717) is 11.6 Å². The summed E-state index contributed by atoms with van der Waals surface area (Å²) in [5, 5.41) is 0. The van der Waals surface area contributed by atoms with E-state index in [-0.39, 0.29) is 0 Å². The second kappa shape index (κ2) is 2.48. The van der Waals surface area contributed by atoms with Crippen molar-refractivity contribution in [1.29, 1.82) is 0 Å². The molecular formula is C11H19NO. The van der Waals surface area contributed by atoms with E-state index in [1.807, 2.05) is 0 Å². The van der Waals surface area contributed by atoms with E-state index in [1.54, 1.807) is 0 Å². The quantitative estimate of drug-likeness (QED) is 0.656. The Morgan fingerprint density at radius 3 is 2.92 bits per heavy atom. The predicted octanol–water partition coefficient (Wildman–Crippen LogP) is 1.65. The molecule has 0 spiro atoms. The molecule has 1 aliphatic carbocycles. The molecule has 3 fully saturated rings. The SMILES string of the molecule is CC(C)OC[C@@]12CCN1[C@@H]1C[C@@H]1C2. The van der Waals surface area contributed by atoms with Crippen LogP contribution in [0.15, 0.2) is 0 Å². The molecule has 3 rings (SSSR count). The molecule has 0 aromatic carbocycles. The minimum absolute atomic E-state index is 0.397. The smallest absolute Gasteiger partial charge is 0.0654 e. The van der Waals surface area contributed by atoms with Crippen molar-refractivity contribution < 1.29 is 4.74 Å². The highest BCUT2D eigenvalue weighted by Gasteiger charge is 2.63. The Balaban J connectivity index is 1.63. The van der Waals surface area contributed by atoms with E-state index in [1.165, 1.54) is 25.8 Å². The van der Waals surface area contributed by atoms with Crippen molar-refractivity contribution >= 4 is 0 Å². The Morgan fingerprint density at radius 2 is 2.38 bits per heavy atom. The molecule has 2 aliphatic heterocycles. The number of nitrogens with zero attached hydrogens (tertiary/aromatic N) is 1. The van der Waals surface area contributed by atoms with Crippen molar-refractivity contribution in [2.75, 3.05) is 13.2 Å². The topological polar surface area (TPSA) is 12.5 Å². The van der Waals surface area contributed by atoms with Gasteiger partial charge in [0.15, 0.2) is 0 Å². The fourth-order valence-electron chi connectivity index (χ4n) is 3.15. The second-order valence-electron chi connectivity index (χ2n) is 5.29. The maximum absolute atomic E-state index is 5.78. The average Bonchev–Trinajstić information content (AvgIpc) is 2.70. The first-order chi connectivity index (χ1) is 6.21. The molecule has 0 radical (unpaired) electrons. The van der Waals surface area contributed by atoms with Gasteiger partial charge in [0.25, 0.3) is 0 Å². The normalized spacial score (nSPS) is 47.3. The van der Waals surface area contributed by atoms with Crippen molar-refractivity contribution in [3.8, 4) is 0 Å². The van der Waals surface area contributed by atoms with Crippen molar-refractivity contribution in [2.24, 2.45) is 5.92 Å². The third-order valence-electron chi connectivity index (χ3n) is 4.04. The highest BCUT2D eigenvalue weighted by Crippen LogP contribution is 2.58. The second-order valence-corrected chi connectivity index (χ2v) is 5.29. The van der Waals surface area contributed by atoms with Crippen LogP contribution in [0, 0.1) is 5.92 Å². The third-order valence-corrected chi connectivity index (χ3v) is 4.04. The fourth-order valence-corrected chi connectivity index (χ4v) is 3.15. The first-order valence-electron chi connectivity index (χ1n) is 5.60. The van der Waals surface area contributed by atoms with Crippen LogP contribution in [0.5, 0.6) is 0 Å². The monoisotopic (exact) mass is 181 g/mol. The van der Waals surface area contributed by atoms with Crippen molar-refractivity contribution in [3.63, 3.8) is 0 Å². The standard InChI is InChI=1S/C11H19NO/c1-8(2)13-7-11-3-4-12(11)10-5-9(10)6-11/h8-10H,3-7H2,1-2H3/t9-,10-,11+/m1/s1.